The van der Waals surface area contributed by atoms with Crippen molar-refractivity contribution in [3.8, 4) is 0 Å². The van der Waals surface area contributed by atoms with Gasteiger partial charge >= 0.3 is 17.9 Å². The van der Waals surface area contributed by atoms with Crippen LogP contribution in [0.3, 0.4) is 0 Å². The van der Waals surface area contributed by atoms with E-state index in [9.17, 15) is 24.3 Å². The van der Waals surface area contributed by atoms with Crippen molar-refractivity contribution in [2.45, 2.75) is 168 Å². The van der Waals surface area contributed by atoms with Gasteiger partial charge in [0.2, 0.25) is 5.91 Å². The van der Waals surface area contributed by atoms with Gasteiger partial charge in [-0.1, -0.05) is 43.2 Å². The van der Waals surface area contributed by atoms with Crippen LogP contribution in [-0.4, -0.2) is 110 Å². The summed E-state index contributed by atoms with van der Waals surface area (Å²) in [6, 6.07) is -0.867. The van der Waals surface area contributed by atoms with Gasteiger partial charge in [0.25, 0.3) is 0 Å². The number of piperidine rings is 1. The second-order valence-corrected chi connectivity index (χ2v) is 19.1. The van der Waals surface area contributed by atoms with E-state index in [0.717, 1.165) is 57.9 Å². The molecule has 0 radical (unpaired) electrons. The van der Waals surface area contributed by atoms with Crippen LogP contribution in [0.4, 0.5) is 0 Å². The normalized spacial score (nSPS) is 41.6. The molecule has 1 spiro atoms. The zero-order chi connectivity index (χ0) is 42.1. The summed E-state index contributed by atoms with van der Waals surface area (Å²) in [5.74, 6) is 0.178. The number of fused-ring (bicyclic) bond motifs is 6. The van der Waals surface area contributed by atoms with E-state index in [1.54, 1.807) is 11.8 Å². The predicted octanol–water partition coefficient (Wildman–Crippen LogP) is 4.33. The van der Waals surface area contributed by atoms with E-state index in [1.165, 1.54) is 43.5 Å². The van der Waals surface area contributed by atoms with E-state index < -0.39 is 54.4 Å². The Kier molecular flexibility index (Phi) is 11.4. The predicted molar refractivity (Wildman–Crippen MR) is 212 cm³/mol. The molecule has 0 bridgehead atoms. The summed E-state index contributed by atoms with van der Waals surface area (Å²) < 4.78 is 31.9. The molecule has 15 nitrogen and oxygen atoms in total. The Bertz CT molecular complexity index is 1900. The van der Waals surface area contributed by atoms with E-state index in [-0.39, 0.29) is 41.8 Å². The molecule has 3 saturated heterocycles. The number of likely N-dealkylation sites (tertiary alicyclic amines) is 1. The van der Waals surface area contributed by atoms with Crippen molar-refractivity contribution in [3.63, 3.8) is 0 Å². The third-order valence-electron chi connectivity index (χ3n) is 15.4. The highest BCUT2D eigenvalue weighted by Crippen LogP contribution is 2.65. The number of hydrogen-bond acceptors (Lipinski definition) is 13. The summed E-state index contributed by atoms with van der Waals surface area (Å²) in [5.41, 5.74) is 5.11. The fourth-order valence-corrected chi connectivity index (χ4v) is 12.9. The molecule has 1 amide bonds. The maximum Gasteiger partial charge on any atom is 0.303 e. The fraction of sp³-hybridized carbons (Fsp3) is 0.773. The molecule has 4 aliphatic carbocycles. The van der Waals surface area contributed by atoms with Crippen LogP contribution in [0.15, 0.2) is 29.0 Å². The number of amides is 1. The van der Waals surface area contributed by atoms with Crippen molar-refractivity contribution in [2.24, 2.45) is 35.0 Å². The standard InChI is InChI=1S/C44H63N5O10/c1-22-15-36-39(24(3)44(59-36)14-12-32-33-10-9-29-16-31(54)11-13-43(29,8)35(33)17-34(32)23(44)2)48(18-22)19-30-20-49(47-46-30)42-38(45-25(4)50)41(57-28(7)53)40(56-27(6)52)37(58-42)21-55-26(5)51/h9,20,22,24,31-33,35-42,54H,10-19,21H2,1-8H3,(H,45,50)/t22-,24+,31-,32-,33-,35-,36+,37+,38+,39-,40-,41+,42-,43-,44-/m0/s1. The molecule has 5 fully saturated rings. The van der Waals surface area contributed by atoms with Gasteiger partial charge in [-0.3, -0.25) is 24.1 Å². The minimum absolute atomic E-state index is 0.0701. The van der Waals surface area contributed by atoms with Crippen molar-refractivity contribution >= 4 is 23.8 Å². The monoisotopic (exact) mass is 821 g/mol. The van der Waals surface area contributed by atoms with Crippen molar-refractivity contribution < 1.29 is 48.0 Å². The highest BCUT2D eigenvalue weighted by atomic mass is 16.6. The topological polar surface area (TPSA) is 181 Å². The van der Waals surface area contributed by atoms with Crippen LogP contribution in [-0.2, 0) is 49.4 Å². The first kappa shape index (κ1) is 42.0. The molecular formula is C44H63N5O10. The summed E-state index contributed by atoms with van der Waals surface area (Å²) in [6.07, 6.45) is 7.79. The Hall–Kier alpha value is -3.66. The Morgan fingerprint density at radius 3 is 2.47 bits per heavy atom. The molecule has 0 unspecified atom stereocenters. The van der Waals surface area contributed by atoms with Gasteiger partial charge < -0.3 is 34.1 Å². The van der Waals surface area contributed by atoms with Gasteiger partial charge in [0, 0.05) is 52.7 Å². The summed E-state index contributed by atoms with van der Waals surface area (Å²) in [4.78, 5) is 51.6. The number of nitrogens with zero attached hydrogens (tertiary/aromatic N) is 4. The van der Waals surface area contributed by atoms with Crippen LogP contribution in [0.5, 0.6) is 0 Å². The average molecular weight is 822 g/mol. The van der Waals surface area contributed by atoms with Crippen molar-refractivity contribution in [3.05, 3.63) is 34.7 Å². The minimum atomic E-state index is -1.20. The number of ether oxygens (including phenoxy) is 5. The van der Waals surface area contributed by atoms with Crippen LogP contribution >= 0.6 is 0 Å². The highest BCUT2D eigenvalue weighted by Gasteiger charge is 2.62. The number of rotatable bonds is 8. The first-order chi connectivity index (χ1) is 28.0. The molecule has 3 aliphatic heterocycles. The Morgan fingerprint density at radius 1 is 1.02 bits per heavy atom. The number of carbonyl (C=O) groups excluding carboxylic acids is 4. The largest absolute Gasteiger partial charge is 0.463 e. The third kappa shape index (κ3) is 7.56. The fourth-order valence-electron chi connectivity index (χ4n) is 12.9. The van der Waals surface area contributed by atoms with Crippen molar-refractivity contribution in [2.75, 3.05) is 13.2 Å². The van der Waals surface area contributed by atoms with Crippen LogP contribution in [0.2, 0.25) is 0 Å². The number of nitrogens with one attached hydrogen (secondary N) is 1. The first-order valence-electron chi connectivity index (χ1n) is 21.8. The number of esters is 3. The van der Waals surface area contributed by atoms with E-state index in [4.69, 9.17) is 23.7 Å². The summed E-state index contributed by atoms with van der Waals surface area (Å²) in [5, 5.41) is 22.4. The minimum Gasteiger partial charge on any atom is -0.463 e. The van der Waals surface area contributed by atoms with Gasteiger partial charge in [0.15, 0.2) is 18.4 Å². The van der Waals surface area contributed by atoms with Crippen LogP contribution < -0.4 is 5.32 Å². The zero-order valence-corrected chi connectivity index (χ0v) is 35.8. The lowest BCUT2D eigenvalue weighted by molar-refractivity contribution is -0.239. The summed E-state index contributed by atoms with van der Waals surface area (Å²) >= 11 is 0. The van der Waals surface area contributed by atoms with Gasteiger partial charge in [0.1, 0.15) is 18.8 Å². The van der Waals surface area contributed by atoms with Gasteiger partial charge in [-0.15, -0.1) is 5.10 Å². The molecule has 59 heavy (non-hydrogen) atoms. The zero-order valence-electron chi connectivity index (χ0n) is 35.8. The number of aliphatic hydroxyl groups is 1. The summed E-state index contributed by atoms with van der Waals surface area (Å²) in [7, 11) is 0. The van der Waals surface area contributed by atoms with Gasteiger partial charge in [-0.2, -0.15) is 0 Å². The molecule has 8 rings (SSSR count). The molecule has 324 valence electrons. The maximum atomic E-state index is 12.6. The second-order valence-electron chi connectivity index (χ2n) is 19.1. The van der Waals surface area contributed by atoms with Crippen LogP contribution in [0, 0.1) is 35.0 Å². The van der Waals surface area contributed by atoms with E-state index >= 15 is 0 Å². The molecule has 1 aromatic heterocycles. The molecule has 1 aromatic rings. The number of allylic oxidation sites excluding steroid dienone is 2. The SMILES string of the molecule is CC(=O)N[C@@H]1[C@@H](OC(C)=O)[C@@H](OC(C)=O)[C@@H](COC(C)=O)O[C@@H]1n1cc(CN2C[C@@H](C)C[C@H]3O[C@]4(CC[C@@H]5C(=C4C)C[C@H]4[C@H]5CC=C5C[C@@H](O)CC[C@@]54C)[C@H](C)[C@@H]32)nn1. The van der Waals surface area contributed by atoms with Crippen LogP contribution in [0.1, 0.15) is 119 Å². The molecule has 2 N–H and O–H groups in total. The average Bonchev–Trinajstić information content (AvgIpc) is 3.86. The lowest BCUT2D eigenvalue weighted by Gasteiger charge is -2.49. The molecule has 0 aromatic carbocycles. The maximum absolute atomic E-state index is 12.6. The van der Waals surface area contributed by atoms with E-state index in [0.29, 0.717) is 35.9 Å². The quantitative estimate of drug-likeness (QED) is 0.215. The molecule has 15 atom stereocenters. The summed E-state index contributed by atoms with van der Waals surface area (Å²) in [6.45, 7) is 15.6. The van der Waals surface area contributed by atoms with E-state index in [1.807, 2.05) is 0 Å². The first-order valence-corrected chi connectivity index (χ1v) is 21.8. The number of aliphatic hydroxyl groups excluding tert-OH is 1. The van der Waals surface area contributed by atoms with E-state index in [2.05, 4.69) is 54.3 Å². The lowest BCUT2D eigenvalue weighted by atomic mass is 9.56. The highest BCUT2D eigenvalue weighted by molar-refractivity contribution is 5.73. The van der Waals surface area contributed by atoms with Gasteiger partial charge in [-0.25, -0.2) is 4.68 Å². The third-order valence-corrected chi connectivity index (χ3v) is 15.4. The number of hydrogen-bond donors (Lipinski definition) is 2. The Labute approximate surface area is 346 Å². The number of aromatic nitrogens is 3. The molecule has 4 heterocycles. The number of carbonyl (C=O) groups is 4. The smallest absolute Gasteiger partial charge is 0.303 e. The Balaban J connectivity index is 1.05. The van der Waals surface area contributed by atoms with Gasteiger partial charge in [-0.05, 0) is 93.0 Å². The Morgan fingerprint density at radius 2 is 1.76 bits per heavy atom. The molecule has 7 aliphatic rings. The molecular weight excluding hydrogens is 759 g/mol. The molecule has 2 saturated carbocycles. The lowest BCUT2D eigenvalue weighted by Crippen LogP contribution is -2.64. The van der Waals surface area contributed by atoms with Crippen molar-refractivity contribution in [1.82, 2.24) is 25.2 Å². The van der Waals surface area contributed by atoms with Gasteiger partial charge in [0.05, 0.1) is 29.7 Å². The second kappa shape index (κ2) is 16.0. The molecule has 15 heteroatoms. The van der Waals surface area contributed by atoms with Crippen molar-refractivity contribution in [1.29, 1.82) is 0 Å². The van der Waals surface area contributed by atoms with Crippen LogP contribution in [0.25, 0.3) is 0 Å².